The average Bonchev–Trinajstić information content (AvgIpc) is 3.17. The normalized spacial score (nSPS) is 10.2. The van der Waals surface area contributed by atoms with E-state index in [0.717, 1.165) is 0 Å². The molecule has 0 atom stereocenters. The van der Waals surface area contributed by atoms with E-state index < -0.39 is 5.91 Å². The standard InChI is InChI=1S/C19H15N5O2/c1-11-7-12(9-20)10-23-18(11)19(25)24-13-4-5-15(21)14(8-13)17(22)16-3-2-6-26-16/h2-8,10,22H,21H2,1H3,(H,24,25). The van der Waals surface area contributed by atoms with Crippen molar-refractivity contribution in [1.29, 1.82) is 10.7 Å². The van der Waals surface area contributed by atoms with Crippen molar-refractivity contribution < 1.29 is 9.21 Å². The van der Waals surface area contributed by atoms with Crippen LogP contribution >= 0.6 is 0 Å². The van der Waals surface area contributed by atoms with Gasteiger partial charge in [0.15, 0.2) is 5.76 Å². The quantitative estimate of drug-likeness (QED) is 0.494. The molecule has 7 nitrogen and oxygen atoms in total. The number of hydrogen-bond donors (Lipinski definition) is 3. The van der Waals surface area contributed by atoms with Crippen molar-refractivity contribution in [3.8, 4) is 6.07 Å². The molecule has 0 aliphatic heterocycles. The van der Waals surface area contributed by atoms with E-state index in [9.17, 15) is 4.79 Å². The van der Waals surface area contributed by atoms with Crippen molar-refractivity contribution in [3.05, 3.63) is 77.0 Å². The lowest BCUT2D eigenvalue weighted by molar-refractivity contribution is 0.102. The van der Waals surface area contributed by atoms with Crippen LogP contribution in [0.1, 0.15) is 32.9 Å². The average molecular weight is 345 g/mol. The van der Waals surface area contributed by atoms with Gasteiger partial charge in [0, 0.05) is 23.1 Å². The smallest absolute Gasteiger partial charge is 0.274 e. The molecule has 4 N–H and O–H groups in total. The Kier molecular flexibility index (Phi) is 4.50. The number of benzene rings is 1. The molecular weight excluding hydrogens is 330 g/mol. The van der Waals surface area contributed by atoms with Crippen molar-refractivity contribution in [3.63, 3.8) is 0 Å². The third-order valence-electron chi connectivity index (χ3n) is 3.77. The fraction of sp³-hybridized carbons (Fsp3) is 0.0526. The molecule has 0 bridgehead atoms. The summed E-state index contributed by atoms with van der Waals surface area (Å²) in [7, 11) is 0. The summed E-state index contributed by atoms with van der Waals surface area (Å²) >= 11 is 0. The summed E-state index contributed by atoms with van der Waals surface area (Å²) in [5.41, 5.74) is 8.61. The Hall–Kier alpha value is -3.92. The monoisotopic (exact) mass is 345 g/mol. The van der Waals surface area contributed by atoms with Gasteiger partial charge in [0.05, 0.1) is 11.8 Å². The van der Waals surface area contributed by atoms with Crippen molar-refractivity contribution in [2.24, 2.45) is 0 Å². The number of nitriles is 1. The minimum Gasteiger partial charge on any atom is -0.463 e. The van der Waals surface area contributed by atoms with Gasteiger partial charge in [-0.1, -0.05) is 0 Å². The van der Waals surface area contributed by atoms with Crippen molar-refractivity contribution in [1.82, 2.24) is 4.98 Å². The molecule has 0 fully saturated rings. The number of rotatable bonds is 4. The summed E-state index contributed by atoms with van der Waals surface area (Å²) < 4.78 is 5.23. The number of hydrogen-bond acceptors (Lipinski definition) is 6. The second kappa shape index (κ2) is 6.91. The van der Waals surface area contributed by atoms with Crippen LogP contribution in [0.2, 0.25) is 0 Å². The number of aryl methyl sites for hydroxylation is 1. The van der Waals surface area contributed by atoms with Crippen molar-refractivity contribution in [2.45, 2.75) is 6.92 Å². The Morgan fingerprint density at radius 2 is 2.15 bits per heavy atom. The maximum atomic E-state index is 12.5. The summed E-state index contributed by atoms with van der Waals surface area (Å²) in [6, 6.07) is 11.8. The first-order chi connectivity index (χ1) is 12.5. The van der Waals surface area contributed by atoms with Gasteiger partial charge in [-0.05, 0) is 48.9 Å². The van der Waals surface area contributed by atoms with Crippen molar-refractivity contribution in [2.75, 3.05) is 11.1 Å². The summed E-state index contributed by atoms with van der Waals surface area (Å²) in [6.07, 6.45) is 2.83. The lowest BCUT2D eigenvalue weighted by Gasteiger charge is -2.11. The lowest BCUT2D eigenvalue weighted by atomic mass is 10.0. The highest BCUT2D eigenvalue weighted by Crippen LogP contribution is 2.22. The molecule has 1 aromatic carbocycles. The summed E-state index contributed by atoms with van der Waals surface area (Å²) in [5, 5.41) is 19.8. The molecule has 3 rings (SSSR count). The topological polar surface area (TPSA) is 129 Å². The van der Waals surface area contributed by atoms with E-state index in [0.29, 0.717) is 33.8 Å². The van der Waals surface area contributed by atoms with E-state index in [4.69, 9.17) is 20.8 Å². The zero-order chi connectivity index (χ0) is 18.7. The number of carbonyl (C=O) groups excluding carboxylic acids is 1. The molecule has 128 valence electrons. The number of carbonyl (C=O) groups is 1. The highest BCUT2D eigenvalue weighted by atomic mass is 16.3. The number of aromatic nitrogens is 1. The summed E-state index contributed by atoms with van der Waals surface area (Å²) in [5.74, 6) is -0.0305. The number of furan rings is 1. The van der Waals surface area contributed by atoms with Crippen LogP contribution in [-0.4, -0.2) is 16.6 Å². The first-order valence-corrected chi connectivity index (χ1v) is 7.70. The van der Waals surface area contributed by atoms with Gasteiger partial charge in [0.2, 0.25) is 0 Å². The second-order valence-corrected chi connectivity index (χ2v) is 5.61. The van der Waals surface area contributed by atoms with Crippen molar-refractivity contribution >= 4 is 23.0 Å². The van der Waals surface area contributed by atoms with Gasteiger partial charge in [-0.2, -0.15) is 5.26 Å². The molecule has 0 unspecified atom stereocenters. The first kappa shape index (κ1) is 16.9. The molecule has 0 radical (unpaired) electrons. The van der Waals surface area contributed by atoms with E-state index >= 15 is 0 Å². The van der Waals surface area contributed by atoms with Gasteiger partial charge in [-0.3, -0.25) is 10.2 Å². The third-order valence-corrected chi connectivity index (χ3v) is 3.77. The molecule has 2 aromatic heterocycles. The molecule has 0 spiro atoms. The minimum atomic E-state index is -0.410. The molecule has 2 heterocycles. The first-order valence-electron chi connectivity index (χ1n) is 7.70. The largest absolute Gasteiger partial charge is 0.463 e. The summed E-state index contributed by atoms with van der Waals surface area (Å²) in [4.78, 5) is 16.5. The van der Waals surface area contributed by atoms with Crippen LogP contribution in [0, 0.1) is 23.7 Å². The highest BCUT2D eigenvalue weighted by molar-refractivity contribution is 6.13. The Bertz CT molecular complexity index is 1030. The van der Waals surface area contributed by atoms with Crippen LogP contribution in [0.15, 0.2) is 53.3 Å². The highest BCUT2D eigenvalue weighted by Gasteiger charge is 2.15. The Balaban J connectivity index is 1.87. The predicted octanol–water partition coefficient (Wildman–Crippen LogP) is 3.11. The van der Waals surface area contributed by atoms with Gasteiger partial charge in [-0.25, -0.2) is 4.98 Å². The van der Waals surface area contributed by atoms with E-state index in [1.54, 1.807) is 43.3 Å². The number of nitrogens with zero attached hydrogens (tertiary/aromatic N) is 2. The molecule has 0 aliphatic rings. The molecule has 0 saturated heterocycles. The Labute approximate surface area is 149 Å². The van der Waals surface area contributed by atoms with Crippen LogP contribution in [-0.2, 0) is 0 Å². The zero-order valence-corrected chi connectivity index (χ0v) is 13.9. The van der Waals surface area contributed by atoms with Crippen LogP contribution in [0.25, 0.3) is 0 Å². The zero-order valence-electron chi connectivity index (χ0n) is 13.9. The number of amides is 1. The molecule has 1 amide bonds. The van der Waals surface area contributed by atoms with Gasteiger partial charge < -0.3 is 15.5 Å². The van der Waals surface area contributed by atoms with Crippen LogP contribution in [0.4, 0.5) is 11.4 Å². The molecule has 0 aliphatic carbocycles. The SMILES string of the molecule is Cc1cc(C#N)cnc1C(=O)Nc1ccc(N)c(C(=N)c2ccco2)c1. The van der Waals surface area contributed by atoms with E-state index in [2.05, 4.69) is 10.3 Å². The number of nitrogens with two attached hydrogens (primary N) is 1. The third kappa shape index (κ3) is 3.30. The fourth-order valence-electron chi connectivity index (χ4n) is 2.47. The van der Waals surface area contributed by atoms with Gasteiger partial charge >= 0.3 is 0 Å². The number of nitrogens with one attached hydrogen (secondary N) is 2. The second-order valence-electron chi connectivity index (χ2n) is 5.61. The maximum absolute atomic E-state index is 12.5. The fourth-order valence-corrected chi connectivity index (χ4v) is 2.47. The Morgan fingerprint density at radius 3 is 2.81 bits per heavy atom. The number of anilines is 2. The molecule has 26 heavy (non-hydrogen) atoms. The minimum absolute atomic E-state index is 0.122. The predicted molar refractivity (Wildman–Crippen MR) is 97.1 cm³/mol. The van der Waals surface area contributed by atoms with Crippen LogP contribution in [0.5, 0.6) is 0 Å². The van der Waals surface area contributed by atoms with E-state index in [1.807, 2.05) is 6.07 Å². The lowest BCUT2D eigenvalue weighted by Crippen LogP contribution is -2.16. The molecule has 3 aromatic rings. The molecule has 7 heteroatoms. The number of nitrogen functional groups attached to an aromatic ring is 1. The van der Waals surface area contributed by atoms with Gasteiger partial charge in [-0.15, -0.1) is 0 Å². The maximum Gasteiger partial charge on any atom is 0.274 e. The van der Waals surface area contributed by atoms with E-state index in [1.165, 1.54) is 12.5 Å². The summed E-state index contributed by atoms with van der Waals surface area (Å²) in [6.45, 7) is 1.71. The Morgan fingerprint density at radius 1 is 1.35 bits per heavy atom. The van der Waals surface area contributed by atoms with Gasteiger partial charge in [0.25, 0.3) is 5.91 Å². The van der Waals surface area contributed by atoms with Gasteiger partial charge in [0.1, 0.15) is 17.5 Å². The number of pyridine rings is 1. The molecular formula is C19H15N5O2. The molecule has 0 saturated carbocycles. The van der Waals surface area contributed by atoms with E-state index in [-0.39, 0.29) is 11.4 Å². The van der Waals surface area contributed by atoms with Crippen LogP contribution < -0.4 is 11.1 Å². The van der Waals surface area contributed by atoms with Crippen LogP contribution in [0.3, 0.4) is 0 Å².